The molecule has 0 fully saturated rings. The Morgan fingerprint density at radius 3 is 2.89 bits per heavy atom. The minimum absolute atomic E-state index is 0.0531. The average Bonchev–Trinajstić information content (AvgIpc) is 2.82. The van der Waals surface area contributed by atoms with E-state index in [2.05, 4.69) is 10.3 Å². The number of nitro benzene ring substituents is 1. The number of nitrogens with zero attached hydrogens (tertiary/aromatic N) is 2. The minimum atomic E-state index is -0.467. The highest BCUT2D eigenvalue weighted by atomic mass is 16.6. The van der Waals surface area contributed by atoms with Crippen LogP contribution in [0.4, 0.5) is 11.4 Å². The molecule has 19 heavy (non-hydrogen) atoms. The van der Waals surface area contributed by atoms with Crippen LogP contribution < -0.4 is 10.1 Å². The lowest BCUT2D eigenvalue weighted by Crippen LogP contribution is -2.03. The van der Waals surface area contributed by atoms with Crippen molar-refractivity contribution in [1.29, 1.82) is 0 Å². The van der Waals surface area contributed by atoms with Crippen molar-refractivity contribution in [2.75, 3.05) is 12.4 Å². The molecule has 1 aromatic carbocycles. The molecule has 1 N–H and O–H groups in total. The molecule has 1 heterocycles. The summed E-state index contributed by atoms with van der Waals surface area (Å²) in [6.07, 6.45) is 1.60. The van der Waals surface area contributed by atoms with Gasteiger partial charge in [-0.1, -0.05) is 0 Å². The number of nitrogens with one attached hydrogen (secondary N) is 1. The van der Waals surface area contributed by atoms with E-state index in [0.717, 1.165) is 0 Å². The van der Waals surface area contributed by atoms with Gasteiger partial charge >= 0.3 is 0 Å². The van der Waals surface area contributed by atoms with Crippen LogP contribution in [-0.4, -0.2) is 17.0 Å². The van der Waals surface area contributed by atoms with Crippen molar-refractivity contribution in [2.24, 2.45) is 0 Å². The van der Waals surface area contributed by atoms with Crippen molar-refractivity contribution in [3.63, 3.8) is 0 Å². The molecule has 0 saturated carbocycles. The minimum Gasteiger partial charge on any atom is -0.496 e. The van der Waals surface area contributed by atoms with E-state index in [-0.39, 0.29) is 12.2 Å². The van der Waals surface area contributed by atoms with Crippen LogP contribution in [0.2, 0.25) is 0 Å². The van der Waals surface area contributed by atoms with Gasteiger partial charge < -0.3 is 14.5 Å². The SMILES string of the molecule is COc1ccc(NCc2ncc(C)o2)c([N+](=O)[O-])c1. The van der Waals surface area contributed by atoms with E-state index in [1.165, 1.54) is 13.2 Å². The number of aryl methyl sites for hydroxylation is 1. The van der Waals surface area contributed by atoms with Gasteiger partial charge in [0.25, 0.3) is 5.69 Å². The Balaban J connectivity index is 2.17. The summed E-state index contributed by atoms with van der Waals surface area (Å²) >= 11 is 0. The van der Waals surface area contributed by atoms with Gasteiger partial charge in [-0.25, -0.2) is 4.98 Å². The summed E-state index contributed by atoms with van der Waals surface area (Å²) in [6, 6.07) is 4.60. The normalized spacial score (nSPS) is 10.2. The molecule has 100 valence electrons. The molecule has 7 heteroatoms. The van der Waals surface area contributed by atoms with Gasteiger partial charge in [-0.2, -0.15) is 0 Å². The fourth-order valence-corrected chi connectivity index (χ4v) is 1.59. The van der Waals surface area contributed by atoms with E-state index in [9.17, 15) is 10.1 Å². The van der Waals surface area contributed by atoms with Gasteiger partial charge in [-0.05, 0) is 19.1 Å². The molecule has 1 aromatic heterocycles. The molecule has 0 amide bonds. The quantitative estimate of drug-likeness (QED) is 0.658. The van der Waals surface area contributed by atoms with Crippen LogP contribution in [0.15, 0.2) is 28.8 Å². The Kier molecular flexibility index (Phi) is 3.65. The van der Waals surface area contributed by atoms with Crippen LogP contribution >= 0.6 is 0 Å². The first-order chi connectivity index (χ1) is 9.10. The number of ether oxygens (including phenoxy) is 1. The molecule has 2 aromatic rings. The second kappa shape index (κ2) is 5.38. The largest absolute Gasteiger partial charge is 0.496 e. The highest BCUT2D eigenvalue weighted by Gasteiger charge is 2.15. The van der Waals surface area contributed by atoms with Crippen LogP contribution in [0.25, 0.3) is 0 Å². The standard InChI is InChI=1S/C12H13N3O4/c1-8-6-14-12(19-8)7-13-10-4-3-9(18-2)5-11(10)15(16)17/h3-6,13H,7H2,1-2H3. The second-order valence-electron chi connectivity index (χ2n) is 3.86. The van der Waals surface area contributed by atoms with Gasteiger partial charge in [-0.15, -0.1) is 0 Å². The zero-order valence-corrected chi connectivity index (χ0v) is 10.5. The molecule has 0 spiro atoms. The summed E-state index contributed by atoms with van der Waals surface area (Å²) < 4.78 is 10.2. The third kappa shape index (κ3) is 3.01. The van der Waals surface area contributed by atoms with Crippen LogP contribution in [0, 0.1) is 17.0 Å². The lowest BCUT2D eigenvalue weighted by molar-refractivity contribution is -0.384. The highest BCUT2D eigenvalue weighted by molar-refractivity contribution is 5.63. The monoisotopic (exact) mass is 263 g/mol. The smallest absolute Gasteiger partial charge is 0.296 e. The number of nitro groups is 1. The van der Waals surface area contributed by atoms with E-state index in [1.807, 2.05) is 0 Å². The first kappa shape index (κ1) is 12.9. The van der Waals surface area contributed by atoms with E-state index in [0.29, 0.717) is 23.1 Å². The number of hydrogen-bond donors (Lipinski definition) is 1. The Morgan fingerprint density at radius 2 is 2.32 bits per heavy atom. The summed E-state index contributed by atoms with van der Waals surface area (Å²) in [7, 11) is 1.46. The van der Waals surface area contributed by atoms with Crippen LogP contribution in [0.1, 0.15) is 11.7 Å². The zero-order chi connectivity index (χ0) is 13.8. The second-order valence-corrected chi connectivity index (χ2v) is 3.86. The molecular weight excluding hydrogens is 250 g/mol. The number of rotatable bonds is 5. The van der Waals surface area contributed by atoms with Crippen molar-refractivity contribution in [3.05, 3.63) is 46.2 Å². The summed E-state index contributed by atoms with van der Waals surface area (Å²) in [5, 5.41) is 13.9. The summed E-state index contributed by atoms with van der Waals surface area (Å²) in [5.74, 6) is 1.60. The van der Waals surface area contributed by atoms with Gasteiger partial charge in [0, 0.05) is 0 Å². The van der Waals surface area contributed by atoms with Gasteiger partial charge in [0.2, 0.25) is 5.89 Å². The Hall–Kier alpha value is -2.57. The number of aromatic nitrogens is 1. The molecule has 0 unspecified atom stereocenters. The average molecular weight is 263 g/mol. The molecule has 0 atom stereocenters. The van der Waals surface area contributed by atoms with Gasteiger partial charge in [0.1, 0.15) is 17.2 Å². The topological polar surface area (TPSA) is 90.4 Å². The van der Waals surface area contributed by atoms with Gasteiger partial charge in [0.15, 0.2) is 0 Å². The van der Waals surface area contributed by atoms with Gasteiger partial charge in [-0.3, -0.25) is 10.1 Å². The molecule has 2 rings (SSSR count). The van der Waals surface area contributed by atoms with Crippen molar-refractivity contribution < 1.29 is 14.1 Å². The number of oxazole rings is 1. The molecule has 0 saturated heterocycles. The molecular formula is C12H13N3O4. The van der Waals surface area contributed by atoms with Crippen LogP contribution in [0.3, 0.4) is 0 Å². The summed E-state index contributed by atoms with van der Waals surface area (Å²) in [6.45, 7) is 2.06. The molecule has 7 nitrogen and oxygen atoms in total. The fraction of sp³-hybridized carbons (Fsp3) is 0.250. The summed E-state index contributed by atoms with van der Waals surface area (Å²) in [4.78, 5) is 14.5. The third-order valence-electron chi connectivity index (χ3n) is 2.50. The third-order valence-corrected chi connectivity index (χ3v) is 2.50. The molecule has 0 aliphatic carbocycles. The Morgan fingerprint density at radius 1 is 1.53 bits per heavy atom. The first-order valence-corrected chi connectivity index (χ1v) is 5.57. The lowest BCUT2D eigenvalue weighted by Gasteiger charge is -2.06. The van der Waals surface area contributed by atoms with E-state index in [1.54, 1.807) is 25.3 Å². The zero-order valence-electron chi connectivity index (χ0n) is 10.5. The van der Waals surface area contributed by atoms with E-state index in [4.69, 9.17) is 9.15 Å². The maximum absolute atomic E-state index is 11.0. The van der Waals surface area contributed by atoms with Crippen molar-refractivity contribution >= 4 is 11.4 Å². The number of anilines is 1. The molecule has 0 bridgehead atoms. The van der Waals surface area contributed by atoms with Gasteiger partial charge in [0.05, 0.1) is 30.8 Å². The first-order valence-electron chi connectivity index (χ1n) is 5.57. The fourth-order valence-electron chi connectivity index (χ4n) is 1.59. The maximum Gasteiger partial charge on any atom is 0.296 e. The van der Waals surface area contributed by atoms with Crippen molar-refractivity contribution in [1.82, 2.24) is 4.98 Å². The predicted octanol–water partition coefficient (Wildman–Crippen LogP) is 2.51. The van der Waals surface area contributed by atoms with Crippen LogP contribution in [-0.2, 0) is 6.54 Å². The Bertz CT molecular complexity index is 594. The van der Waals surface area contributed by atoms with E-state index < -0.39 is 4.92 Å². The highest BCUT2D eigenvalue weighted by Crippen LogP contribution is 2.29. The molecule has 0 radical (unpaired) electrons. The van der Waals surface area contributed by atoms with Crippen molar-refractivity contribution in [3.8, 4) is 5.75 Å². The summed E-state index contributed by atoms with van der Waals surface area (Å²) in [5.41, 5.74) is 0.337. The molecule has 0 aliphatic heterocycles. The number of hydrogen-bond acceptors (Lipinski definition) is 6. The van der Waals surface area contributed by atoms with Crippen molar-refractivity contribution in [2.45, 2.75) is 13.5 Å². The molecule has 0 aliphatic rings. The maximum atomic E-state index is 11.0. The Labute approximate surface area is 109 Å². The van der Waals surface area contributed by atoms with E-state index >= 15 is 0 Å². The number of methoxy groups -OCH3 is 1. The van der Waals surface area contributed by atoms with Crippen LogP contribution in [0.5, 0.6) is 5.75 Å². The lowest BCUT2D eigenvalue weighted by atomic mass is 10.2. The number of benzene rings is 1. The predicted molar refractivity (Wildman–Crippen MR) is 68.2 cm³/mol.